The molecule has 0 heterocycles. The lowest BCUT2D eigenvalue weighted by Gasteiger charge is -2.31. The summed E-state index contributed by atoms with van der Waals surface area (Å²) >= 11 is 0. The van der Waals surface area contributed by atoms with Crippen molar-refractivity contribution >= 4 is 0 Å². The quantitative estimate of drug-likeness (QED) is 0.594. The van der Waals surface area contributed by atoms with Gasteiger partial charge in [-0.05, 0) is 68.6 Å². The third-order valence-electron chi connectivity index (χ3n) is 5.96. The lowest BCUT2D eigenvalue weighted by Crippen LogP contribution is -2.19. The van der Waals surface area contributed by atoms with Gasteiger partial charge in [0.2, 0.25) is 0 Å². The molecule has 0 aromatic carbocycles. The molecule has 122 valence electrons. The van der Waals surface area contributed by atoms with E-state index in [1.54, 1.807) is 0 Å². The third-order valence-corrected chi connectivity index (χ3v) is 5.96. The largest absolute Gasteiger partial charge is 0.396 e. The minimum absolute atomic E-state index is 0.419. The van der Waals surface area contributed by atoms with Crippen LogP contribution in [0.5, 0.6) is 0 Å². The zero-order valence-electron chi connectivity index (χ0n) is 14.1. The minimum atomic E-state index is 0.419. The van der Waals surface area contributed by atoms with Crippen LogP contribution in [-0.2, 0) is 0 Å². The van der Waals surface area contributed by atoms with Crippen LogP contribution in [0.1, 0.15) is 84.0 Å². The van der Waals surface area contributed by atoms with Crippen LogP contribution in [-0.4, -0.2) is 11.7 Å². The highest BCUT2D eigenvalue weighted by molar-refractivity contribution is 4.91. The molecule has 2 aliphatic rings. The summed E-state index contributed by atoms with van der Waals surface area (Å²) in [4.78, 5) is 0. The molecule has 2 rings (SSSR count). The van der Waals surface area contributed by atoms with E-state index in [1.807, 2.05) is 0 Å². The molecule has 0 aliphatic heterocycles. The highest BCUT2D eigenvalue weighted by atomic mass is 16.3. The minimum Gasteiger partial charge on any atom is -0.396 e. The van der Waals surface area contributed by atoms with Crippen LogP contribution < -0.4 is 0 Å². The van der Waals surface area contributed by atoms with E-state index < -0.39 is 0 Å². The van der Waals surface area contributed by atoms with E-state index in [4.69, 9.17) is 0 Å². The van der Waals surface area contributed by atoms with Crippen LogP contribution in [0.2, 0.25) is 0 Å². The van der Waals surface area contributed by atoms with Crippen molar-refractivity contribution in [3.8, 4) is 0 Å². The summed E-state index contributed by atoms with van der Waals surface area (Å²) in [5.74, 6) is 3.48. The van der Waals surface area contributed by atoms with E-state index in [9.17, 15) is 5.11 Å². The summed E-state index contributed by atoms with van der Waals surface area (Å²) in [5, 5.41) is 9.21. The van der Waals surface area contributed by atoms with Crippen molar-refractivity contribution in [3.05, 3.63) is 12.2 Å². The molecule has 0 aromatic heterocycles. The Morgan fingerprint density at radius 1 is 0.810 bits per heavy atom. The van der Waals surface area contributed by atoms with Gasteiger partial charge in [-0.15, -0.1) is 0 Å². The van der Waals surface area contributed by atoms with Gasteiger partial charge in [0.05, 0.1) is 0 Å². The fraction of sp³-hybridized carbons (Fsp3) is 0.900. The summed E-state index contributed by atoms with van der Waals surface area (Å²) in [5.41, 5.74) is 0. The number of aliphatic hydroxyl groups is 1. The molecule has 0 saturated heterocycles. The highest BCUT2D eigenvalue weighted by Crippen LogP contribution is 2.36. The number of allylic oxidation sites excluding steroid dienone is 2. The summed E-state index contributed by atoms with van der Waals surface area (Å²) in [6, 6.07) is 0. The second kappa shape index (κ2) is 9.66. The molecule has 1 N–H and O–H groups in total. The maximum atomic E-state index is 9.21. The number of unbranched alkanes of at least 4 members (excludes halogenated alkanes) is 1. The van der Waals surface area contributed by atoms with Gasteiger partial charge in [-0.3, -0.25) is 0 Å². The van der Waals surface area contributed by atoms with Gasteiger partial charge in [-0.2, -0.15) is 0 Å². The summed E-state index contributed by atoms with van der Waals surface area (Å²) in [6.07, 6.45) is 21.5. The molecule has 0 aromatic rings. The van der Waals surface area contributed by atoms with E-state index in [2.05, 4.69) is 19.1 Å². The monoisotopic (exact) mass is 292 g/mol. The van der Waals surface area contributed by atoms with Crippen LogP contribution in [0.15, 0.2) is 12.2 Å². The Kier molecular flexibility index (Phi) is 7.85. The average Bonchev–Trinajstić information content (AvgIpc) is 2.55. The topological polar surface area (TPSA) is 20.2 Å². The Hall–Kier alpha value is -0.300. The van der Waals surface area contributed by atoms with Crippen molar-refractivity contribution < 1.29 is 5.11 Å². The maximum absolute atomic E-state index is 9.21. The molecule has 0 radical (unpaired) electrons. The molecule has 2 fully saturated rings. The van der Waals surface area contributed by atoms with Gasteiger partial charge in [0, 0.05) is 6.61 Å². The third kappa shape index (κ3) is 6.14. The standard InChI is InChI=1S/C20H36O/c1-2-3-4-5-17-6-8-18(9-7-17)10-11-19-12-14-20(16-21)15-13-19/h4-5,17-21H,2-3,6-16H2,1H3/b5-4+/t17-,18-,19?,20?. The van der Waals surface area contributed by atoms with Gasteiger partial charge in [0.1, 0.15) is 0 Å². The van der Waals surface area contributed by atoms with Crippen LogP contribution in [0, 0.1) is 23.7 Å². The van der Waals surface area contributed by atoms with Crippen molar-refractivity contribution in [2.75, 3.05) is 6.61 Å². The predicted octanol–water partition coefficient (Wildman–Crippen LogP) is 5.73. The van der Waals surface area contributed by atoms with Crippen LogP contribution >= 0.6 is 0 Å². The van der Waals surface area contributed by atoms with Gasteiger partial charge in [0.25, 0.3) is 0 Å². The SMILES string of the molecule is CCC/C=C/[C@H]1CC[C@H](CCC2CCC(CO)CC2)CC1. The maximum Gasteiger partial charge on any atom is 0.0459 e. The van der Waals surface area contributed by atoms with Gasteiger partial charge in [-0.1, -0.05) is 51.2 Å². The highest BCUT2D eigenvalue weighted by Gasteiger charge is 2.23. The number of hydrogen-bond donors (Lipinski definition) is 1. The zero-order valence-corrected chi connectivity index (χ0v) is 14.1. The smallest absolute Gasteiger partial charge is 0.0459 e. The second-order valence-electron chi connectivity index (χ2n) is 7.64. The Morgan fingerprint density at radius 2 is 1.33 bits per heavy atom. The molecule has 1 heteroatoms. The van der Waals surface area contributed by atoms with Gasteiger partial charge in [0.15, 0.2) is 0 Å². The fourth-order valence-electron chi connectivity index (χ4n) is 4.30. The first-order chi connectivity index (χ1) is 10.3. The number of aliphatic hydroxyl groups excluding tert-OH is 1. The fourth-order valence-corrected chi connectivity index (χ4v) is 4.30. The van der Waals surface area contributed by atoms with Crippen LogP contribution in [0.4, 0.5) is 0 Å². The Balaban J connectivity index is 1.57. The zero-order chi connectivity index (χ0) is 14.9. The van der Waals surface area contributed by atoms with E-state index >= 15 is 0 Å². The first-order valence-corrected chi connectivity index (χ1v) is 9.59. The first kappa shape index (κ1) is 17.1. The van der Waals surface area contributed by atoms with E-state index in [0.29, 0.717) is 12.5 Å². The van der Waals surface area contributed by atoms with Gasteiger partial charge >= 0.3 is 0 Å². The van der Waals surface area contributed by atoms with Gasteiger partial charge in [-0.25, -0.2) is 0 Å². The normalized spacial score (nSPS) is 34.4. The van der Waals surface area contributed by atoms with Crippen LogP contribution in [0.3, 0.4) is 0 Å². The van der Waals surface area contributed by atoms with Crippen molar-refractivity contribution in [2.24, 2.45) is 23.7 Å². The average molecular weight is 293 g/mol. The predicted molar refractivity (Wildman–Crippen MR) is 91.3 cm³/mol. The van der Waals surface area contributed by atoms with Crippen molar-refractivity contribution in [1.29, 1.82) is 0 Å². The Bertz CT molecular complexity index is 280. The summed E-state index contributed by atoms with van der Waals surface area (Å²) in [7, 11) is 0. The van der Waals surface area contributed by atoms with Gasteiger partial charge < -0.3 is 5.11 Å². The lowest BCUT2D eigenvalue weighted by atomic mass is 9.75. The molecule has 0 spiro atoms. The molecule has 0 atom stereocenters. The molecular weight excluding hydrogens is 256 g/mol. The molecular formula is C20H36O. The van der Waals surface area contributed by atoms with E-state index in [0.717, 1.165) is 17.8 Å². The van der Waals surface area contributed by atoms with Crippen molar-refractivity contribution in [3.63, 3.8) is 0 Å². The van der Waals surface area contributed by atoms with E-state index in [1.165, 1.54) is 77.0 Å². The summed E-state index contributed by atoms with van der Waals surface area (Å²) < 4.78 is 0. The van der Waals surface area contributed by atoms with Crippen molar-refractivity contribution in [1.82, 2.24) is 0 Å². The summed E-state index contributed by atoms with van der Waals surface area (Å²) in [6.45, 7) is 2.68. The lowest BCUT2D eigenvalue weighted by molar-refractivity contribution is 0.158. The molecule has 2 saturated carbocycles. The molecule has 0 unspecified atom stereocenters. The van der Waals surface area contributed by atoms with Crippen LogP contribution in [0.25, 0.3) is 0 Å². The Morgan fingerprint density at radius 3 is 1.86 bits per heavy atom. The van der Waals surface area contributed by atoms with E-state index in [-0.39, 0.29) is 0 Å². The molecule has 0 bridgehead atoms. The number of hydrogen-bond acceptors (Lipinski definition) is 1. The Labute approximate surface area is 132 Å². The second-order valence-corrected chi connectivity index (χ2v) is 7.64. The first-order valence-electron chi connectivity index (χ1n) is 9.59. The molecule has 2 aliphatic carbocycles. The molecule has 21 heavy (non-hydrogen) atoms. The molecule has 0 amide bonds. The number of rotatable bonds is 7. The van der Waals surface area contributed by atoms with Crippen molar-refractivity contribution in [2.45, 2.75) is 84.0 Å². The molecule has 1 nitrogen and oxygen atoms in total.